The van der Waals surface area contributed by atoms with E-state index in [0.29, 0.717) is 17.7 Å². The Kier molecular flexibility index (Phi) is 5.26. The molecule has 1 N–H and O–H groups in total. The first kappa shape index (κ1) is 16.8. The van der Waals surface area contributed by atoms with Gasteiger partial charge in [0.1, 0.15) is 11.6 Å². The van der Waals surface area contributed by atoms with Crippen LogP contribution >= 0.6 is 11.8 Å². The zero-order valence-corrected chi connectivity index (χ0v) is 15.1. The Hall–Kier alpha value is -1.08. The SMILES string of the molecule is CN(C)Cc1nnc(C2CC(NC(=O)CSCC3CC3)C2)n1C. The van der Waals surface area contributed by atoms with Gasteiger partial charge in [-0.1, -0.05) is 0 Å². The summed E-state index contributed by atoms with van der Waals surface area (Å²) in [6, 6.07) is 0.308. The largest absolute Gasteiger partial charge is 0.353 e. The second kappa shape index (κ2) is 7.21. The Balaban J connectivity index is 1.40. The van der Waals surface area contributed by atoms with Crippen molar-refractivity contribution in [3.05, 3.63) is 11.6 Å². The number of hydrogen-bond acceptors (Lipinski definition) is 5. The zero-order valence-electron chi connectivity index (χ0n) is 14.3. The standard InChI is InChI=1S/C16H27N5OS/c1-20(2)8-14-18-19-16(21(14)3)12-6-13(7-12)17-15(22)10-23-9-11-4-5-11/h11-13H,4-10H2,1-3H3,(H,17,22). The lowest BCUT2D eigenvalue weighted by atomic mass is 9.79. The van der Waals surface area contributed by atoms with Crippen molar-refractivity contribution in [2.75, 3.05) is 25.6 Å². The van der Waals surface area contributed by atoms with E-state index in [1.807, 2.05) is 21.1 Å². The van der Waals surface area contributed by atoms with Crippen LogP contribution in [0.2, 0.25) is 0 Å². The summed E-state index contributed by atoms with van der Waals surface area (Å²) in [5.41, 5.74) is 0. The van der Waals surface area contributed by atoms with E-state index in [2.05, 4.69) is 25.0 Å². The maximum absolute atomic E-state index is 11.9. The number of rotatable bonds is 8. The van der Waals surface area contributed by atoms with Gasteiger partial charge >= 0.3 is 0 Å². The molecule has 2 saturated carbocycles. The fraction of sp³-hybridized carbons (Fsp3) is 0.812. The second-order valence-electron chi connectivity index (χ2n) is 7.16. The smallest absolute Gasteiger partial charge is 0.230 e. The molecule has 2 aliphatic carbocycles. The molecule has 0 atom stereocenters. The van der Waals surface area contributed by atoms with Crippen LogP contribution < -0.4 is 5.32 Å². The lowest BCUT2D eigenvalue weighted by molar-refractivity contribution is -0.119. The van der Waals surface area contributed by atoms with Gasteiger partial charge in [-0.25, -0.2) is 0 Å². The summed E-state index contributed by atoms with van der Waals surface area (Å²) in [6.07, 6.45) is 4.67. The van der Waals surface area contributed by atoms with E-state index in [0.717, 1.165) is 42.7 Å². The molecule has 23 heavy (non-hydrogen) atoms. The van der Waals surface area contributed by atoms with Gasteiger partial charge in [0.15, 0.2) is 0 Å². The van der Waals surface area contributed by atoms with E-state index in [1.54, 1.807) is 11.8 Å². The third-order valence-corrected chi connectivity index (χ3v) is 5.78. The monoisotopic (exact) mass is 337 g/mol. The Morgan fingerprint density at radius 1 is 1.35 bits per heavy atom. The van der Waals surface area contributed by atoms with Crippen molar-refractivity contribution in [1.29, 1.82) is 0 Å². The summed E-state index contributed by atoms with van der Waals surface area (Å²) in [6.45, 7) is 0.800. The predicted molar refractivity (Wildman–Crippen MR) is 92.3 cm³/mol. The molecule has 0 bridgehead atoms. The molecule has 6 nitrogen and oxygen atoms in total. The highest BCUT2D eigenvalue weighted by Crippen LogP contribution is 2.36. The number of nitrogens with zero attached hydrogens (tertiary/aromatic N) is 4. The summed E-state index contributed by atoms with van der Waals surface area (Å²) in [4.78, 5) is 14.0. The maximum atomic E-state index is 11.9. The van der Waals surface area contributed by atoms with Crippen LogP contribution in [-0.2, 0) is 18.4 Å². The van der Waals surface area contributed by atoms with E-state index in [1.165, 1.54) is 12.8 Å². The Labute approximate surface area is 142 Å². The number of carbonyl (C=O) groups excluding carboxylic acids is 1. The fourth-order valence-electron chi connectivity index (χ4n) is 2.97. The van der Waals surface area contributed by atoms with Gasteiger partial charge in [-0.3, -0.25) is 4.79 Å². The maximum Gasteiger partial charge on any atom is 0.230 e. The number of amides is 1. The average Bonchev–Trinajstić information content (AvgIpc) is 3.20. The molecule has 0 unspecified atom stereocenters. The van der Waals surface area contributed by atoms with E-state index in [4.69, 9.17) is 0 Å². The molecular weight excluding hydrogens is 310 g/mol. The molecule has 2 aliphatic rings. The third kappa shape index (κ3) is 4.47. The van der Waals surface area contributed by atoms with Crippen LogP contribution in [-0.4, -0.2) is 57.2 Å². The minimum atomic E-state index is 0.186. The quantitative estimate of drug-likeness (QED) is 0.776. The lowest BCUT2D eigenvalue weighted by Crippen LogP contribution is -2.44. The van der Waals surface area contributed by atoms with Crippen LogP contribution in [0.3, 0.4) is 0 Å². The number of thioether (sulfide) groups is 1. The third-order valence-electron chi connectivity index (χ3n) is 4.61. The van der Waals surface area contributed by atoms with Gasteiger partial charge in [0.05, 0.1) is 12.3 Å². The van der Waals surface area contributed by atoms with Crippen molar-refractivity contribution in [3.63, 3.8) is 0 Å². The molecule has 3 rings (SSSR count). The number of aromatic nitrogens is 3. The predicted octanol–water partition coefficient (Wildman–Crippen LogP) is 1.38. The van der Waals surface area contributed by atoms with Gasteiger partial charge in [-0.15, -0.1) is 10.2 Å². The first-order valence-electron chi connectivity index (χ1n) is 8.43. The Morgan fingerprint density at radius 3 is 2.74 bits per heavy atom. The second-order valence-corrected chi connectivity index (χ2v) is 8.19. The molecule has 0 saturated heterocycles. The molecule has 0 aliphatic heterocycles. The van der Waals surface area contributed by atoms with Crippen molar-refractivity contribution < 1.29 is 4.79 Å². The molecule has 1 amide bonds. The van der Waals surface area contributed by atoms with Gasteiger partial charge in [0.25, 0.3) is 0 Å². The van der Waals surface area contributed by atoms with E-state index >= 15 is 0 Å². The van der Waals surface area contributed by atoms with Gasteiger partial charge < -0.3 is 14.8 Å². The highest BCUT2D eigenvalue weighted by molar-refractivity contribution is 7.99. The Morgan fingerprint density at radius 2 is 2.09 bits per heavy atom. The molecular formula is C16H27N5OS. The molecule has 1 aromatic rings. The van der Waals surface area contributed by atoms with Crippen LogP contribution in [0.15, 0.2) is 0 Å². The fourth-order valence-corrected chi connectivity index (χ4v) is 4.02. The van der Waals surface area contributed by atoms with Crippen LogP contribution in [0.5, 0.6) is 0 Å². The first-order chi connectivity index (χ1) is 11.0. The summed E-state index contributed by atoms with van der Waals surface area (Å²) in [5.74, 6) is 5.29. The van der Waals surface area contributed by atoms with E-state index in [-0.39, 0.29) is 5.91 Å². The van der Waals surface area contributed by atoms with Gasteiger partial charge in [0, 0.05) is 19.0 Å². The van der Waals surface area contributed by atoms with Crippen molar-refractivity contribution in [1.82, 2.24) is 25.0 Å². The van der Waals surface area contributed by atoms with Crippen molar-refractivity contribution >= 4 is 17.7 Å². The molecule has 0 aromatic carbocycles. The van der Waals surface area contributed by atoms with Gasteiger partial charge in [-0.05, 0) is 51.4 Å². The molecule has 0 radical (unpaired) electrons. The van der Waals surface area contributed by atoms with Gasteiger partial charge in [-0.2, -0.15) is 11.8 Å². The van der Waals surface area contributed by atoms with E-state index < -0.39 is 0 Å². The minimum absolute atomic E-state index is 0.186. The van der Waals surface area contributed by atoms with Crippen LogP contribution in [0.25, 0.3) is 0 Å². The average molecular weight is 337 g/mol. The number of carbonyl (C=O) groups is 1. The molecule has 1 heterocycles. The number of hydrogen-bond donors (Lipinski definition) is 1. The minimum Gasteiger partial charge on any atom is -0.353 e. The molecule has 0 spiro atoms. The summed E-state index contributed by atoms with van der Waals surface area (Å²) < 4.78 is 2.11. The molecule has 128 valence electrons. The molecule has 2 fully saturated rings. The van der Waals surface area contributed by atoms with Crippen LogP contribution in [0, 0.1) is 5.92 Å². The number of nitrogens with one attached hydrogen (secondary N) is 1. The van der Waals surface area contributed by atoms with E-state index in [9.17, 15) is 4.79 Å². The van der Waals surface area contributed by atoms with Crippen molar-refractivity contribution in [2.45, 2.75) is 44.2 Å². The highest BCUT2D eigenvalue weighted by atomic mass is 32.2. The summed E-state index contributed by atoms with van der Waals surface area (Å²) in [5, 5.41) is 11.8. The zero-order chi connectivity index (χ0) is 16.4. The van der Waals surface area contributed by atoms with Gasteiger partial charge in [0.2, 0.25) is 5.91 Å². The molecule has 7 heteroatoms. The Bertz CT molecular complexity index is 549. The summed E-state index contributed by atoms with van der Waals surface area (Å²) in [7, 11) is 6.10. The van der Waals surface area contributed by atoms with Crippen LogP contribution in [0.4, 0.5) is 0 Å². The molecule has 1 aromatic heterocycles. The summed E-state index contributed by atoms with van der Waals surface area (Å²) >= 11 is 1.77. The lowest BCUT2D eigenvalue weighted by Gasteiger charge is -2.35. The van der Waals surface area contributed by atoms with Crippen molar-refractivity contribution in [3.8, 4) is 0 Å². The normalized spacial score (nSPS) is 23.8. The highest BCUT2D eigenvalue weighted by Gasteiger charge is 2.34. The topological polar surface area (TPSA) is 63.1 Å². The van der Waals surface area contributed by atoms with Crippen molar-refractivity contribution in [2.24, 2.45) is 13.0 Å². The first-order valence-corrected chi connectivity index (χ1v) is 9.58. The van der Waals surface area contributed by atoms with Crippen LogP contribution in [0.1, 0.15) is 43.3 Å².